The summed E-state index contributed by atoms with van der Waals surface area (Å²) in [6.45, 7) is 7.28. The molecular formula is C25H38N4O3. The fraction of sp³-hybridized carbons (Fsp3) is 0.480. The third-order valence-corrected chi connectivity index (χ3v) is 4.53. The number of hydrogen-bond acceptors (Lipinski definition) is 5. The molecular weight excluding hydrogens is 404 g/mol. The van der Waals surface area contributed by atoms with Crippen molar-refractivity contribution in [2.24, 2.45) is 4.99 Å². The molecule has 0 heterocycles. The molecule has 2 aromatic carbocycles. The maximum atomic E-state index is 5.73. The predicted octanol–water partition coefficient (Wildman–Crippen LogP) is 4.15. The van der Waals surface area contributed by atoms with Gasteiger partial charge < -0.3 is 29.7 Å². The molecule has 0 aliphatic carbocycles. The van der Waals surface area contributed by atoms with Gasteiger partial charge in [0.1, 0.15) is 5.75 Å². The highest BCUT2D eigenvalue weighted by Crippen LogP contribution is 2.17. The van der Waals surface area contributed by atoms with Gasteiger partial charge in [-0.1, -0.05) is 12.1 Å². The van der Waals surface area contributed by atoms with E-state index in [4.69, 9.17) is 19.2 Å². The van der Waals surface area contributed by atoms with E-state index in [2.05, 4.69) is 39.8 Å². The van der Waals surface area contributed by atoms with E-state index in [-0.39, 0.29) is 6.10 Å². The van der Waals surface area contributed by atoms with Gasteiger partial charge >= 0.3 is 0 Å². The quantitative estimate of drug-likeness (QED) is 0.276. The van der Waals surface area contributed by atoms with Gasteiger partial charge in [-0.15, -0.1) is 0 Å². The second-order valence-electron chi connectivity index (χ2n) is 7.93. The van der Waals surface area contributed by atoms with E-state index in [0.29, 0.717) is 26.4 Å². The molecule has 0 aromatic heterocycles. The Bertz CT molecular complexity index is 807. The van der Waals surface area contributed by atoms with Crippen LogP contribution in [0.1, 0.15) is 25.8 Å². The average Bonchev–Trinajstić information content (AvgIpc) is 2.77. The van der Waals surface area contributed by atoms with Crippen molar-refractivity contribution < 1.29 is 14.2 Å². The van der Waals surface area contributed by atoms with Crippen LogP contribution in [-0.4, -0.2) is 59.6 Å². The fourth-order valence-corrected chi connectivity index (χ4v) is 2.89. The van der Waals surface area contributed by atoms with E-state index in [0.717, 1.165) is 41.6 Å². The van der Waals surface area contributed by atoms with Crippen molar-refractivity contribution in [2.75, 3.05) is 57.8 Å². The van der Waals surface area contributed by atoms with E-state index < -0.39 is 0 Å². The normalized spacial score (nSPS) is 11.5. The first kappa shape index (κ1) is 25.5. The molecule has 0 atom stereocenters. The van der Waals surface area contributed by atoms with Crippen LogP contribution in [0.3, 0.4) is 0 Å². The smallest absolute Gasteiger partial charge is 0.196 e. The number of rotatable bonds is 13. The highest BCUT2D eigenvalue weighted by atomic mass is 16.5. The minimum Gasteiger partial charge on any atom is -0.491 e. The number of anilines is 2. The summed E-state index contributed by atoms with van der Waals surface area (Å²) in [5, 5.41) is 6.79. The number of benzene rings is 2. The zero-order chi connectivity index (χ0) is 23.2. The minimum atomic E-state index is 0.150. The van der Waals surface area contributed by atoms with E-state index in [9.17, 15) is 0 Å². The van der Waals surface area contributed by atoms with Crippen LogP contribution >= 0.6 is 0 Å². The zero-order valence-corrected chi connectivity index (χ0v) is 20.1. The van der Waals surface area contributed by atoms with E-state index >= 15 is 0 Å². The molecule has 7 heteroatoms. The second-order valence-corrected chi connectivity index (χ2v) is 7.93. The van der Waals surface area contributed by atoms with Crippen molar-refractivity contribution in [2.45, 2.75) is 32.9 Å². The van der Waals surface area contributed by atoms with Crippen molar-refractivity contribution in [3.63, 3.8) is 0 Å². The van der Waals surface area contributed by atoms with Crippen molar-refractivity contribution in [3.8, 4) is 5.75 Å². The molecule has 0 spiro atoms. The van der Waals surface area contributed by atoms with Gasteiger partial charge in [-0.05, 0) is 62.2 Å². The molecule has 0 radical (unpaired) electrons. The summed E-state index contributed by atoms with van der Waals surface area (Å²) in [6, 6.07) is 16.3. The van der Waals surface area contributed by atoms with E-state index in [1.54, 1.807) is 7.11 Å². The lowest BCUT2D eigenvalue weighted by molar-refractivity contribution is 0.0699. The zero-order valence-electron chi connectivity index (χ0n) is 20.1. The molecule has 0 bridgehead atoms. The molecule has 176 valence electrons. The molecule has 0 saturated heterocycles. The average molecular weight is 443 g/mol. The minimum absolute atomic E-state index is 0.150. The number of nitrogens with one attached hydrogen (secondary N) is 2. The summed E-state index contributed by atoms with van der Waals surface area (Å²) >= 11 is 0. The lowest BCUT2D eigenvalue weighted by Gasteiger charge is -2.15. The number of aliphatic imine (C=N–C) groups is 1. The number of guanidine groups is 1. The van der Waals surface area contributed by atoms with Crippen LogP contribution in [0.25, 0.3) is 0 Å². The Morgan fingerprint density at radius 3 is 2.50 bits per heavy atom. The number of nitrogens with zero attached hydrogens (tertiary/aromatic N) is 2. The van der Waals surface area contributed by atoms with E-state index in [1.807, 2.05) is 52.2 Å². The Labute approximate surface area is 192 Å². The van der Waals surface area contributed by atoms with Crippen molar-refractivity contribution in [1.82, 2.24) is 5.32 Å². The maximum absolute atomic E-state index is 5.73. The standard InChI is InChI=1S/C25H38N4O3/c1-20(2)32-24-12-10-22(11-13-24)28-25(26-14-7-15-31-17-16-30-5)27-19-21-8-6-9-23(18-21)29(3)4/h6,8-13,18,20H,7,14-17,19H2,1-5H3,(H2,26,27,28). The molecule has 32 heavy (non-hydrogen) atoms. The van der Waals surface area contributed by atoms with Gasteiger partial charge in [0.05, 0.1) is 25.9 Å². The molecule has 0 unspecified atom stereocenters. The van der Waals surface area contributed by atoms with Crippen LogP contribution in [0.4, 0.5) is 11.4 Å². The summed E-state index contributed by atoms with van der Waals surface area (Å²) in [4.78, 5) is 6.88. The van der Waals surface area contributed by atoms with Gasteiger partial charge in [0, 0.05) is 45.7 Å². The Morgan fingerprint density at radius 1 is 1.03 bits per heavy atom. The molecule has 0 fully saturated rings. The number of hydrogen-bond donors (Lipinski definition) is 2. The van der Waals surface area contributed by atoms with Crippen molar-refractivity contribution >= 4 is 17.3 Å². The first-order chi connectivity index (χ1) is 15.5. The SMILES string of the molecule is COCCOCCCNC(=NCc1cccc(N(C)C)c1)Nc1ccc(OC(C)C)cc1. The highest BCUT2D eigenvalue weighted by Gasteiger charge is 2.04. The predicted molar refractivity (Wildman–Crippen MR) is 133 cm³/mol. The van der Waals surface area contributed by atoms with Gasteiger partial charge in [-0.25, -0.2) is 4.99 Å². The van der Waals surface area contributed by atoms with Gasteiger partial charge in [0.2, 0.25) is 0 Å². The number of methoxy groups -OCH3 is 1. The van der Waals surface area contributed by atoms with Gasteiger partial charge in [-0.2, -0.15) is 0 Å². The lowest BCUT2D eigenvalue weighted by atomic mass is 10.2. The van der Waals surface area contributed by atoms with Crippen LogP contribution in [0, 0.1) is 0 Å². The fourth-order valence-electron chi connectivity index (χ4n) is 2.89. The molecule has 0 saturated carbocycles. The summed E-state index contributed by atoms with van der Waals surface area (Å²) in [6.07, 6.45) is 1.03. The third kappa shape index (κ3) is 10.0. The van der Waals surface area contributed by atoms with Crippen LogP contribution < -0.4 is 20.3 Å². The first-order valence-corrected chi connectivity index (χ1v) is 11.1. The summed E-state index contributed by atoms with van der Waals surface area (Å²) in [5.41, 5.74) is 3.26. The molecule has 7 nitrogen and oxygen atoms in total. The summed E-state index contributed by atoms with van der Waals surface area (Å²) in [5.74, 6) is 1.58. The summed E-state index contributed by atoms with van der Waals surface area (Å²) < 4.78 is 16.3. The maximum Gasteiger partial charge on any atom is 0.196 e. The largest absolute Gasteiger partial charge is 0.491 e. The Kier molecular flexibility index (Phi) is 11.4. The molecule has 0 amide bonds. The summed E-state index contributed by atoms with van der Waals surface area (Å²) in [7, 11) is 5.76. The molecule has 2 rings (SSSR count). The van der Waals surface area contributed by atoms with Crippen molar-refractivity contribution in [1.29, 1.82) is 0 Å². The van der Waals surface area contributed by atoms with Gasteiger partial charge in [0.25, 0.3) is 0 Å². The van der Waals surface area contributed by atoms with E-state index in [1.165, 1.54) is 0 Å². The third-order valence-electron chi connectivity index (χ3n) is 4.53. The Morgan fingerprint density at radius 2 is 1.81 bits per heavy atom. The molecule has 0 aliphatic heterocycles. The van der Waals surface area contributed by atoms with Crippen molar-refractivity contribution in [3.05, 3.63) is 54.1 Å². The monoisotopic (exact) mass is 442 g/mol. The first-order valence-electron chi connectivity index (χ1n) is 11.1. The molecule has 2 aromatic rings. The van der Waals surface area contributed by atoms with Gasteiger partial charge in [0.15, 0.2) is 5.96 Å². The van der Waals surface area contributed by atoms with Crippen LogP contribution in [-0.2, 0) is 16.0 Å². The Hall–Kier alpha value is -2.77. The highest BCUT2D eigenvalue weighted by molar-refractivity contribution is 5.93. The van der Waals surface area contributed by atoms with Crippen LogP contribution in [0.5, 0.6) is 5.75 Å². The topological polar surface area (TPSA) is 67.4 Å². The van der Waals surface area contributed by atoms with Crippen LogP contribution in [0.15, 0.2) is 53.5 Å². The lowest BCUT2D eigenvalue weighted by Crippen LogP contribution is -2.32. The molecule has 2 N–H and O–H groups in total. The second kappa shape index (κ2) is 14.3. The van der Waals surface area contributed by atoms with Crippen LogP contribution in [0.2, 0.25) is 0 Å². The molecule has 0 aliphatic rings. The van der Waals surface area contributed by atoms with Gasteiger partial charge in [-0.3, -0.25) is 0 Å². The number of ether oxygens (including phenoxy) is 3. The Balaban J connectivity index is 2.00.